The predicted molar refractivity (Wildman–Crippen MR) is 182 cm³/mol. The number of benzene rings is 1. The monoisotopic (exact) mass is 770 g/mol. The van der Waals surface area contributed by atoms with Gasteiger partial charge in [-0.2, -0.15) is 4.57 Å². The Balaban J connectivity index is 1.24. The molecule has 0 radical (unpaired) electrons. The van der Waals surface area contributed by atoms with Gasteiger partial charge in [-0.05, 0) is 38.5 Å². The van der Waals surface area contributed by atoms with E-state index >= 15 is 0 Å². The van der Waals surface area contributed by atoms with E-state index in [1.54, 1.807) is 22.9 Å². The molecule has 6 rings (SSSR count). The van der Waals surface area contributed by atoms with Crippen molar-refractivity contribution in [3.8, 4) is 11.5 Å². The Morgan fingerprint density at radius 1 is 1.23 bits per heavy atom. The summed E-state index contributed by atoms with van der Waals surface area (Å²) in [6, 6.07) is 4.70. The molecule has 17 nitrogen and oxygen atoms in total. The molecule has 3 aliphatic rings. The molecule has 5 heterocycles. The minimum absolute atomic E-state index is 0.0159. The molecular weight excluding hydrogens is 742 g/mol. The van der Waals surface area contributed by atoms with Gasteiger partial charge in [-0.1, -0.05) is 16.8 Å². The van der Waals surface area contributed by atoms with Crippen molar-refractivity contribution in [1.29, 1.82) is 0 Å². The van der Waals surface area contributed by atoms with E-state index in [1.807, 2.05) is 0 Å². The number of thioether (sulfide) groups is 1. The number of β-lactam (4-membered cyclic amide) rings is 1. The van der Waals surface area contributed by atoms with Gasteiger partial charge in [0.15, 0.2) is 40.7 Å². The fourth-order valence-corrected chi connectivity index (χ4v) is 7.97. The SMILES string of the molecule is CC(C)(O/N=C(\C(=O)N[C@@H]1C(=O)N2C(C(=O)[O-])=C(C[n+]3cccc4c3CCCN4C(=O)c3ccc(O)c(O)c3Cl)CS[C@H]12)c1csc(N)n1)C(=O)[O-]. The summed E-state index contributed by atoms with van der Waals surface area (Å²) >= 11 is 8.37. The van der Waals surface area contributed by atoms with Crippen molar-refractivity contribution < 1.29 is 53.8 Å². The molecule has 1 saturated heterocycles. The number of halogens is 1. The number of aromatic nitrogens is 2. The van der Waals surface area contributed by atoms with E-state index in [4.69, 9.17) is 22.2 Å². The van der Waals surface area contributed by atoms with Gasteiger partial charge < -0.3 is 50.8 Å². The molecule has 20 heteroatoms. The summed E-state index contributed by atoms with van der Waals surface area (Å²) in [6.45, 7) is 2.68. The number of carboxylic acid groups (broad SMARTS) is 2. The quantitative estimate of drug-likeness (QED) is 0.0637. The molecule has 5 N–H and O–H groups in total. The van der Waals surface area contributed by atoms with E-state index in [1.165, 1.54) is 34.2 Å². The highest BCUT2D eigenvalue weighted by atomic mass is 35.5. The van der Waals surface area contributed by atoms with E-state index in [0.29, 0.717) is 36.3 Å². The van der Waals surface area contributed by atoms with Gasteiger partial charge in [0.2, 0.25) is 5.69 Å². The fraction of sp³-hybridized carbons (Fsp3) is 0.312. The molecule has 0 bridgehead atoms. The van der Waals surface area contributed by atoms with Crippen LogP contribution in [0.25, 0.3) is 0 Å². The van der Waals surface area contributed by atoms with Crippen LogP contribution in [0.4, 0.5) is 10.8 Å². The highest BCUT2D eigenvalue weighted by Gasteiger charge is 2.53. The van der Waals surface area contributed by atoms with Gasteiger partial charge in [0.1, 0.15) is 22.8 Å². The second-order valence-electron chi connectivity index (χ2n) is 12.3. The molecule has 52 heavy (non-hydrogen) atoms. The van der Waals surface area contributed by atoms with Crippen LogP contribution in [0.5, 0.6) is 11.5 Å². The van der Waals surface area contributed by atoms with E-state index < -0.39 is 63.9 Å². The minimum atomic E-state index is -1.92. The lowest BCUT2D eigenvalue weighted by Gasteiger charge is -2.50. The molecule has 1 aromatic carbocycles. The zero-order valence-corrected chi connectivity index (χ0v) is 29.7. The van der Waals surface area contributed by atoms with E-state index in [-0.39, 0.29) is 39.4 Å². The number of rotatable bonds is 10. The van der Waals surface area contributed by atoms with Crippen molar-refractivity contribution >= 4 is 80.9 Å². The van der Waals surface area contributed by atoms with Gasteiger partial charge in [0.25, 0.3) is 17.7 Å². The number of amides is 3. The first kappa shape index (κ1) is 36.4. The highest BCUT2D eigenvalue weighted by molar-refractivity contribution is 8.00. The third kappa shape index (κ3) is 6.57. The van der Waals surface area contributed by atoms with Crippen LogP contribution in [0.1, 0.15) is 42.0 Å². The van der Waals surface area contributed by atoms with Crippen LogP contribution >= 0.6 is 34.7 Å². The van der Waals surface area contributed by atoms with E-state index in [9.17, 15) is 44.4 Å². The van der Waals surface area contributed by atoms with Crippen LogP contribution in [0.2, 0.25) is 5.02 Å². The lowest BCUT2D eigenvalue weighted by atomic mass is 10.0. The third-order valence-corrected chi connectivity index (χ3v) is 10.9. The first-order chi connectivity index (χ1) is 24.6. The Morgan fingerprint density at radius 3 is 2.65 bits per heavy atom. The fourth-order valence-electron chi connectivity index (χ4n) is 5.84. The van der Waals surface area contributed by atoms with Crippen molar-refractivity contribution in [2.45, 2.75) is 50.3 Å². The van der Waals surface area contributed by atoms with Crippen LogP contribution in [0.3, 0.4) is 0 Å². The summed E-state index contributed by atoms with van der Waals surface area (Å²) in [4.78, 5) is 76.0. The number of anilines is 2. The zero-order chi connectivity index (χ0) is 37.6. The average molecular weight is 771 g/mol. The van der Waals surface area contributed by atoms with Crippen molar-refractivity contribution in [3.05, 3.63) is 69.1 Å². The molecule has 3 amide bonds. The summed E-state index contributed by atoms with van der Waals surface area (Å²) in [5, 5.41) is 50.4. The Morgan fingerprint density at radius 2 is 1.98 bits per heavy atom. The standard InChI is InChI=1S/C32H30ClN7O10S2/c1-32(2,30(48)49)50-37-21(16-13-52-31(34)35-16)25(43)36-22-27(45)40-23(29(46)47)14(12-51-28(22)40)11-38-9-3-6-18-17(38)5-4-10-39(18)26(44)15-7-8-19(41)24(42)20(15)33/h3,6-9,13,22,28H,4-5,10-12H2,1-2H3,(H6-,34,35,36,37,41,42,43,44,46,47,48,49)/p-1/t22-,28-/m1/s1. The van der Waals surface area contributed by atoms with Crippen LogP contribution in [0, 0.1) is 0 Å². The first-order valence-corrected chi connectivity index (χ1v) is 17.8. The number of oxime groups is 1. The van der Waals surface area contributed by atoms with Crippen molar-refractivity contribution in [2.75, 3.05) is 22.9 Å². The molecule has 272 valence electrons. The number of carbonyl (C=O) groups excluding carboxylic acids is 5. The highest BCUT2D eigenvalue weighted by Crippen LogP contribution is 2.41. The minimum Gasteiger partial charge on any atom is -0.546 e. The van der Waals surface area contributed by atoms with Gasteiger partial charge in [-0.15, -0.1) is 23.1 Å². The normalized spacial score (nSPS) is 18.7. The lowest BCUT2D eigenvalue weighted by molar-refractivity contribution is -0.696. The van der Waals surface area contributed by atoms with Crippen LogP contribution < -0.4 is 30.7 Å². The van der Waals surface area contributed by atoms with Crippen molar-refractivity contribution in [1.82, 2.24) is 15.2 Å². The van der Waals surface area contributed by atoms with Gasteiger partial charge in [0, 0.05) is 35.7 Å². The maximum absolute atomic E-state index is 13.6. The molecule has 3 aliphatic heterocycles. The van der Waals surface area contributed by atoms with Crippen LogP contribution in [0.15, 0.2) is 52.3 Å². The number of phenolic OH excluding ortho intramolecular Hbond substituents is 2. The molecule has 0 saturated carbocycles. The predicted octanol–water partition coefficient (Wildman–Crippen LogP) is -0.976. The summed E-state index contributed by atoms with van der Waals surface area (Å²) in [5.74, 6) is -6.34. The first-order valence-electron chi connectivity index (χ1n) is 15.5. The summed E-state index contributed by atoms with van der Waals surface area (Å²) in [6.07, 6.45) is 2.81. The second-order valence-corrected chi connectivity index (χ2v) is 14.7. The largest absolute Gasteiger partial charge is 0.546 e. The summed E-state index contributed by atoms with van der Waals surface area (Å²) < 4.78 is 1.78. The van der Waals surface area contributed by atoms with Crippen molar-refractivity contribution in [3.63, 3.8) is 0 Å². The van der Waals surface area contributed by atoms with E-state index in [0.717, 1.165) is 30.1 Å². The number of hydrogen-bond acceptors (Lipinski definition) is 15. The Labute approximate surface area is 307 Å². The second kappa shape index (κ2) is 14.0. The number of pyridine rings is 1. The third-order valence-electron chi connectivity index (χ3n) is 8.54. The molecule has 0 unspecified atom stereocenters. The zero-order valence-electron chi connectivity index (χ0n) is 27.3. The number of aromatic hydroxyl groups is 2. The maximum atomic E-state index is 13.6. The van der Waals surface area contributed by atoms with Gasteiger partial charge >= 0.3 is 0 Å². The number of thiazole rings is 1. The molecular formula is C32H29ClN7O10S2-. The average Bonchev–Trinajstić information content (AvgIpc) is 3.54. The van der Waals surface area contributed by atoms with E-state index in [2.05, 4.69) is 15.5 Å². The molecule has 3 aromatic rings. The topological polar surface area (TPSA) is 255 Å². The molecule has 2 atom stereocenters. The number of fused-ring (bicyclic) bond motifs is 2. The Hall–Kier alpha value is -5.40. The number of aliphatic carboxylic acids is 2. The van der Waals surface area contributed by atoms with Crippen LogP contribution in [-0.4, -0.2) is 84.8 Å². The molecule has 1 fully saturated rings. The molecule has 0 aliphatic carbocycles. The van der Waals surface area contributed by atoms with Gasteiger partial charge in [-0.3, -0.25) is 19.3 Å². The van der Waals surface area contributed by atoms with Gasteiger partial charge in [0.05, 0.1) is 28.2 Å². The number of nitrogens with two attached hydrogens (primary N) is 1. The Kier molecular flexibility index (Phi) is 9.77. The number of nitrogen functional groups attached to an aromatic ring is 1. The number of carboxylic acids is 2. The molecule has 2 aromatic heterocycles. The smallest absolute Gasteiger partial charge is 0.276 e. The number of carbonyl (C=O) groups is 5. The van der Waals surface area contributed by atoms with Gasteiger partial charge in [-0.25, -0.2) is 4.98 Å². The van der Waals surface area contributed by atoms with Crippen LogP contribution in [-0.2, 0) is 37.0 Å². The lowest BCUT2D eigenvalue weighted by Crippen LogP contribution is -2.71. The summed E-state index contributed by atoms with van der Waals surface area (Å²) in [7, 11) is 0. The Bertz CT molecular complexity index is 2100. The summed E-state index contributed by atoms with van der Waals surface area (Å²) in [5.41, 5.74) is 4.51. The number of hydrogen-bond donors (Lipinski definition) is 4. The molecule has 0 spiro atoms. The maximum Gasteiger partial charge on any atom is 0.276 e. The van der Waals surface area contributed by atoms with Crippen molar-refractivity contribution in [2.24, 2.45) is 5.16 Å². The number of nitrogens with one attached hydrogen (secondary N) is 1. The number of nitrogens with zero attached hydrogens (tertiary/aromatic N) is 5. The number of phenols is 2.